The summed E-state index contributed by atoms with van der Waals surface area (Å²) < 4.78 is 0. The molecule has 0 bridgehead atoms. The molecule has 13 N–H and O–H groups in total. The van der Waals surface area contributed by atoms with Crippen molar-refractivity contribution in [3.63, 3.8) is 0 Å². The molecule has 0 aromatic heterocycles. The first-order valence-electron chi connectivity index (χ1n) is 13.4. The summed E-state index contributed by atoms with van der Waals surface area (Å²) in [5, 5.41) is 23.7. The van der Waals surface area contributed by atoms with Gasteiger partial charge in [0.25, 0.3) is 0 Å². The first-order chi connectivity index (χ1) is 20.2. The molecule has 43 heavy (non-hydrogen) atoms. The Morgan fingerprint density at radius 2 is 1.14 bits per heavy atom. The summed E-state index contributed by atoms with van der Waals surface area (Å²) in [5.41, 5.74) is 15.3. The van der Waals surface area contributed by atoms with Crippen LogP contribution in [-0.2, 0) is 43.2 Å². The van der Waals surface area contributed by atoms with Crippen molar-refractivity contribution in [3.05, 3.63) is 0 Å². The molecule has 4 atom stereocenters. The van der Waals surface area contributed by atoms with Crippen molar-refractivity contribution >= 4 is 53.2 Å². The number of carbonyl (C=O) groups is 9. The fourth-order valence-corrected chi connectivity index (χ4v) is 3.91. The highest BCUT2D eigenvalue weighted by atomic mass is 16.4. The molecule has 0 spiro atoms. The molecule has 1 fully saturated rings. The molecule has 8 amide bonds. The minimum absolute atomic E-state index is 0.224. The third kappa shape index (κ3) is 15.1. The quantitative estimate of drug-likeness (QED) is 0.0616. The largest absolute Gasteiger partial charge is 0.480 e. The SMILES string of the molecule is NC(=O)CC[C@H](NC(=O)[C@H](CCC(N)=O)NC(=O)CNC(=O)[C@H](CCC(N)=O)NC(=O)CNC(=O)[C@@H]1CCCN1)C(=O)O. The Labute approximate surface area is 246 Å². The second-order valence-electron chi connectivity index (χ2n) is 9.74. The predicted octanol–water partition coefficient (Wildman–Crippen LogP) is -5.69. The lowest BCUT2D eigenvalue weighted by Crippen LogP contribution is -2.55. The fourth-order valence-electron chi connectivity index (χ4n) is 3.91. The fraction of sp³-hybridized carbons (Fsp3) is 0.625. The van der Waals surface area contributed by atoms with Crippen molar-refractivity contribution in [1.29, 1.82) is 0 Å². The highest BCUT2D eigenvalue weighted by molar-refractivity contribution is 5.95. The summed E-state index contributed by atoms with van der Waals surface area (Å²) in [7, 11) is 0. The smallest absolute Gasteiger partial charge is 0.326 e. The van der Waals surface area contributed by atoms with Crippen LogP contribution < -0.4 is 49.1 Å². The van der Waals surface area contributed by atoms with E-state index in [1.807, 2.05) is 0 Å². The summed E-state index contributed by atoms with van der Waals surface area (Å²) in [6.45, 7) is -0.509. The molecule has 19 nitrogen and oxygen atoms in total. The van der Waals surface area contributed by atoms with E-state index in [1.54, 1.807) is 0 Å². The number of rotatable bonds is 20. The lowest BCUT2D eigenvalue weighted by atomic mass is 10.1. The Bertz CT molecular complexity index is 1080. The minimum atomic E-state index is -1.53. The highest BCUT2D eigenvalue weighted by Crippen LogP contribution is 2.05. The average Bonchev–Trinajstić information content (AvgIpc) is 3.47. The Hall–Kier alpha value is -4.81. The summed E-state index contributed by atoms with van der Waals surface area (Å²) >= 11 is 0. The molecular formula is C24H39N9O10. The van der Waals surface area contributed by atoms with Gasteiger partial charge in [0.15, 0.2) is 0 Å². The zero-order chi connectivity index (χ0) is 32.5. The molecule has 1 saturated heterocycles. The number of carbonyl (C=O) groups excluding carboxylic acids is 8. The number of hydrogen-bond acceptors (Lipinski definition) is 10. The lowest BCUT2D eigenvalue weighted by molar-refractivity contribution is -0.142. The first-order valence-corrected chi connectivity index (χ1v) is 13.4. The van der Waals surface area contributed by atoms with E-state index in [-0.39, 0.29) is 44.4 Å². The molecule has 1 heterocycles. The van der Waals surface area contributed by atoms with Gasteiger partial charge in [-0.1, -0.05) is 0 Å². The second-order valence-corrected chi connectivity index (χ2v) is 9.74. The van der Waals surface area contributed by atoms with Gasteiger partial charge >= 0.3 is 5.97 Å². The summed E-state index contributed by atoms with van der Waals surface area (Å²) in [5.74, 6) is -7.79. The van der Waals surface area contributed by atoms with Gasteiger partial charge in [0.2, 0.25) is 47.3 Å². The third-order valence-electron chi connectivity index (χ3n) is 6.18. The van der Waals surface area contributed by atoms with E-state index in [0.717, 1.165) is 6.42 Å². The molecule has 0 aliphatic carbocycles. The summed E-state index contributed by atoms with van der Waals surface area (Å²) in [6.07, 6.45) is -0.456. The van der Waals surface area contributed by atoms with Gasteiger partial charge in [-0.25, -0.2) is 4.79 Å². The molecule has 1 rings (SSSR count). The number of nitrogens with two attached hydrogens (primary N) is 3. The maximum atomic E-state index is 12.7. The molecule has 0 unspecified atom stereocenters. The van der Waals surface area contributed by atoms with Gasteiger partial charge in [0, 0.05) is 19.3 Å². The van der Waals surface area contributed by atoms with Crippen LogP contribution in [0.5, 0.6) is 0 Å². The van der Waals surface area contributed by atoms with Crippen molar-refractivity contribution in [2.75, 3.05) is 19.6 Å². The molecule has 0 aromatic carbocycles. The molecule has 1 aliphatic rings. The van der Waals surface area contributed by atoms with E-state index in [4.69, 9.17) is 17.2 Å². The van der Waals surface area contributed by atoms with Crippen LogP contribution in [0.15, 0.2) is 0 Å². The summed E-state index contributed by atoms with van der Waals surface area (Å²) in [4.78, 5) is 107. The van der Waals surface area contributed by atoms with Gasteiger partial charge in [-0.3, -0.25) is 38.4 Å². The Morgan fingerprint density at radius 1 is 0.674 bits per heavy atom. The van der Waals surface area contributed by atoms with Gasteiger partial charge < -0.3 is 54.2 Å². The first kappa shape index (κ1) is 36.2. The van der Waals surface area contributed by atoms with Gasteiger partial charge in [-0.15, -0.1) is 0 Å². The van der Waals surface area contributed by atoms with Crippen molar-refractivity contribution in [2.24, 2.45) is 17.2 Å². The number of carboxylic acid groups (broad SMARTS) is 1. The van der Waals surface area contributed by atoms with Gasteiger partial charge in [0.05, 0.1) is 19.1 Å². The monoisotopic (exact) mass is 613 g/mol. The van der Waals surface area contributed by atoms with Gasteiger partial charge in [0.1, 0.15) is 18.1 Å². The number of carboxylic acids is 1. The van der Waals surface area contributed by atoms with Crippen LogP contribution in [0.1, 0.15) is 51.4 Å². The van der Waals surface area contributed by atoms with E-state index < -0.39 is 84.6 Å². The molecule has 240 valence electrons. The topological polar surface area (TPSA) is 324 Å². The maximum absolute atomic E-state index is 12.7. The van der Waals surface area contributed by atoms with Crippen LogP contribution in [0.3, 0.4) is 0 Å². The Morgan fingerprint density at radius 3 is 1.58 bits per heavy atom. The Balaban J connectivity index is 2.77. The zero-order valence-electron chi connectivity index (χ0n) is 23.4. The van der Waals surface area contributed by atoms with Gasteiger partial charge in [-0.2, -0.15) is 0 Å². The molecule has 0 saturated carbocycles. The van der Waals surface area contributed by atoms with E-state index in [9.17, 15) is 48.3 Å². The summed E-state index contributed by atoms with van der Waals surface area (Å²) in [6, 6.07) is -4.72. The average molecular weight is 614 g/mol. The van der Waals surface area contributed by atoms with Crippen LogP contribution in [0.4, 0.5) is 0 Å². The van der Waals surface area contributed by atoms with E-state index in [1.165, 1.54) is 0 Å². The normalized spacial score (nSPS) is 16.0. The number of nitrogens with one attached hydrogen (secondary N) is 6. The maximum Gasteiger partial charge on any atom is 0.326 e. The number of amides is 8. The van der Waals surface area contributed by atoms with Crippen LogP contribution in [-0.4, -0.2) is 102 Å². The predicted molar refractivity (Wildman–Crippen MR) is 146 cm³/mol. The number of primary amides is 3. The number of hydrogen-bond donors (Lipinski definition) is 10. The van der Waals surface area contributed by atoms with Crippen molar-refractivity contribution in [2.45, 2.75) is 75.5 Å². The second kappa shape index (κ2) is 18.6. The van der Waals surface area contributed by atoms with E-state index in [2.05, 4.69) is 31.9 Å². The molecular weight excluding hydrogens is 574 g/mol. The lowest BCUT2D eigenvalue weighted by Gasteiger charge is -2.22. The molecule has 0 aromatic rings. The van der Waals surface area contributed by atoms with Crippen molar-refractivity contribution < 1.29 is 48.3 Å². The molecule has 0 radical (unpaired) electrons. The number of aliphatic carboxylic acids is 1. The highest BCUT2D eigenvalue weighted by Gasteiger charge is 2.28. The van der Waals surface area contributed by atoms with Crippen molar-refractivity contribution in [1.82, 2.24) is 31.9 Å². The van der Waals surface area contributed by atoms with Crippen LogP contribution in [0.2, 0.25) is 0 Å². The minimum Gasteiger partial charge on any atom is -0.480 e. The third-order valence-corrected chi connectivity index (χ3v) is 6.18. The molecule has 1 aliphatic heterocycles. The molecule has 19 heteroatoms. The standard InChI is InChI=1S/C24H39N9O10/c25-16(34)6-3-13(31-19(37)10-29-21(39)12-2-1-9-28-12)22(40)30-11-20(38)32-14(4-7-17(26)35)23(41)33-15(24(42)43)5-8-18(27)36/h12-15,28H,1-11H2,(H2,25,34)(H2,26,35)(H2,27,36)(H,29,39)(H,30,40)(H,31,37)(H,32,38)(H,33,41)(H,42,43)/t12-,13-,14-,15-/m0/s1. The van der Waals surface area contributed by atoms with E-state index in [0.29, 0.717) is 13.0 Å². The van der Waals surface area contributed by atoms with Gasteiger partial charge in [-0.05, 0) is 38.6 Å². The van der Waals surface area contributed by atoms with Crippen LogP contribution >= 0.6 is 0 Å². The zero-order valence-corrected chi connectivity index (χ0v) is 23.4. The van der Waals surface area contributed by atoms with Crippen LogP contribution in [0, 0.1) is 0 Å². The van der Waals surface area contributed by atoms with Crippen LogP contribution in [0.25, 0.3) is 0 Å². The van der Waals surface area contributed by atoms with Crippen molar-refractivity contribution in [3.8, 4) is 0 Å². The van der Waals surface area contributed by atoms with E-state index >= 15 is 0 Å². The Kier molecular flexibility index (Phi) is 15.7.